The van der Waals surface area contributed by atoms with Gasteiger partial charge in [0.2, 0.25) is 0 Å². The van der Waals surface area contributed by atoms with Crippen molar-refractivity contribution in [3.63, 3.8) is 0 Å². The lowest BCUT2D eigenvalue weighted by Gasteiger charge is -2.17. The first-order valence-corrected chi connectivity index (χ1v) is 6.60. The summed E-state index contributed by atoms with van der Waals surface area (Å²) in [5.41, 5.74) is 1.16. The minimum Gasteiger partial charge on any atom is -0.382 e. The molecule has 5 nitrogen and oxygen atoms in total. The van der Waals surface area contributed by atoms with Gasteiger partial charge in [-0.25, -0.2) is 4.98 Å². The largest absolute Gasteiger partial charge is 0.382 e. The van der Waals surface area contributed by atoms with Gasteiger partial charge >= 0.3 is 0 Å². The maximum atomic E-state index is 5.32. The first-order chi connectivity index (χ1) is 9.17. The van der Waals surface area contributed by atoms with E-state index in [9.17, 15) is 0 Å². The molecule has 0 amide bonds. The number of methoxy groups -OCH3 is 2. The number of anilines is 1. The van der Waals surface area contributed by atoms with Crippen LogP contribution in [0.3, 0.4) is 0 Å². The Morgan fingerprint density at radius 2 is 2.11 bits per heavy atom. The fraction of sp³-hybridized carbons (Fsp3) is 0.643. The van der Waals surface area contributed by atoms with Gasteiger partial charge in [0.1, 0.15) is 5.82 Å². The number of rotatable bonds is 9. The molecular formula is C14H25N3O2. The van der Waals surface area contributed by atoms with Crippen LogP contribution < -0.4 is 10.6 Å². The average molecular weight is 267 g/mol. The summed E-state index contributed by atoms with van der Waals surface area (Å²) in [6.45, 7) is 6.30. The maximum absolute atomic E-state index is 5.32. The van der Waals surface area contributed by atoms with Crippen LogP contribution in [0.1, 0.15) is 19.4 Å². The summed E-state index contributed by atoms with van der Waals surface area (Å²) >= 11 is 0. The van der Waals surface area contributed by atoms with Crippen LogP contribution in [-0.2, 0) is 16.0 Å². The summed E-state index contributed by atoms with van der Waals surface area (Å²) in [6, 6.07) is 4.47. The smallest absolute Gasteiger partial charge is 0.130 e. The minimum absolute atomic E-state index is 0.0258. The number of nitrogens with one attached hydrogen (secondary N) is 2. The van der Waals surface area contributed by atoms with E-state index in [0.717, 1.165) is 17.9 Å². The second-order valence-corrected chi connectivity index (χ2v) is 4.74. The zero-order valence-electron chi connectivity index (χ0n) is 12.3. The highest BCUT2D eigenvalue weighted by molar-refractivity contribution is 5.43. The monoisotopic (exact) mass is 267 g/mol. The van der Waals surface area contributed by atoms with Crippen molar-refractivity contribution in [1.29, 1.82) is 0 Å². The minimum atomic E-state index is 0.0258. The third kappa shape index (κ3) is 6.00. The second-order valence-electron chi connectivity index (χ2n) is 4.74. The molecule has 0 saturated carbocycles. The fourth-order valence-electron chi connectivity index (χ4n) is 1.66. The molecule has 0 radical (unpaired) electrons. The number of ether oxygens (including phenoxy) is 2. The number of nitrogens with zero attached hydrogens (tertiary/aromatic N) is 1. The van der Waals surface area contributed by atoms with Crippen molar-refractivity contribution in [1.82, 2.24) is 10.3 Å². The Labute approximate surface area is 115 Å². The summed E-state index contributed by atoms with van der Waals surface area (Å²) in [4.78, 5) is 4.38. The summed E-state index contributed by atoms with van der Waals surface area (Å²) in [5.74, 6) is 0.897. The molecule has 5 heteroatoms. The molecule has 0 bridgehead atoms. The summed E-state index contributed by atoms with van der Waals surface area (Å²) < 4.78 is 10.4. The molecule has 0 spiro atoms. The Hall–Kier alpha value is -1.17. The number of hydrogen-bond donors (Lipinski definition) is 2. The van der Waals surface area contributed by atoms with Crippen LogP contribution >= 0.6 is 0 Å². The SMILES string of the molecule is COCC(CNc1ncccc1CNC(C)C)OC. The summed E-state index contributed by atoms with van der Waals surface area (Å²) in [6.07, 6.45) is 1.82. The van der Waals surface area contributed by atoms with E-state index in [2.05, 4.69) is 35.5 Å². The molecule has 0 aliphatic heterocycles. The molecule has 0 aliphatic rings. The first kappa shape index (κ1) is 15.9. The Kier molecular flexibility index (Phi) is 7.40. The van der Waals surface area contributed by atoms with E-state index in [-0.39, 0.29) is 6.10 Å². The molecular weight excluding hydrogens is 242 g/mol. The molecule has 0 saturated heterocycles. The molecule has 108 valence electrons. The van der Waals surface area contributed by atoms with E-state index in [1.54, 1.807) is 20.4 Å². The van der Waals surface area contributed by atoms with Crippen molar-refractivity contribution in [3.05, 3.63) is 23.9 Å². The van der Waals surface area contributed by atoms with Crippen LogP contribution in [0.15, 0.2) is 18.3 Å². The fourth-order valence-corrected chi connectivity index (χ4v) is 1.66. The number of pyridine rings is 1. The molecule has 1 rings (SSSR count). The van der Waals surface area contributed by atoms with E-state index in [4.69, 9.17) is 9.47 Å². The van der Waals surface area contributed by atoms with Crippen molar-refractivity contribution in [3.8, 4) is 0 Å². The number of aromatic nitrogens is 1. The Balaban J connectivity index is 2.56. The zero-order chi connectivity index (χ0) is 14.1. The van der Waals surface area contributed by atoms with E-state index >= 15 is 0 Å². The summed E-state index contributed by atoms with van der Waals surface area (Å²) in [5, 5.41) is 6.71. The van der Waals surface area contributed by atoms with Gasteiger partial charge in [0.05, 0.1) is 12.7 Å². The highest BCUT2D eigenvalue weighted by Gasteiger charge is 2.09. The molecule has 19 heavy (non-hydrogen) atoms. The average Bonchev–Trinajstić information content (AvgIpc) is 2.42. The molecule has 0 aromatic carbocycles. The molecule has 0 aliphatic carbocycles. The van der Waals surface area contributed by atoms with Gasteiger partial charge in [0.25, 0.3) is 0 Å². The van der Waals surface area contributed by atoms with Gasteiger partial charge in [-0.05, 0) is 6.07 Å². The van der Waals surface area contributed by atoms with E-state index in [1.807, 2.05) is 6.07 Å². The summed E-state index contributed by atoms with van der Waals surface area (Å²) in [7, 11) is 3.36. The van der Waals surface area contributed by atoms with Crippen LogP contribution in [0.5, 0.6) is 0 Å². The predicted octanol–water partition coefficient (Wildman–Crippen LogP) is 1.65. The molecule has 1 atom stereocenters. The van der Waals surface area contributed by atoms with E-state index < -0.39 is 0 Å². The standard InChI is InChI=1S/C14H25N3O2/c1-11(2)16-8-12-6-5-7-15-14(12)17-9-13(19-4)10-18-3/h5-7,11,13,16H,8-10H2,1-4H3,(H,15,17). The lowest BCUT2D eigenvalue weighted by Crippen LogP contribution is -2.28. The maximum Gasteiger partial charge on any atom is 0.130 e. The second kappa shape index (κ2) is 8.85. The lowest BCUT2D eigenvalue weighted by molar-refractivity contribution is 0.0365. The van der Waals surface area contributed by atoms with Crippen molar-refractivity contribution < 1.29 is 9.47 Å². The predicted molar refractivity (Wildman–Crippen MR) is 77.4 cm³/mol. The molecule has 0 fully saturated rings. The third-order valence-corrected chi connectivity index (χ3v) is 2.78. The quantitative estimate of drug-likeness (QED) is 0.712. The highest BCUT2D eigenvalue weighted by atomic mass is 16.5. The van der Waals surface area contributed by atoms with Gasteiger partial charge in [-0.15, -0.1) is 0 Å². The van der Waals surface area contributed by atoms with Crippen LogP contribution in [0.2, 0.25) is 0 Å². The molecule has 1 aromatic rings. The van der Waals surface area contributed by atoms with Gasteiger partial charge in [-0.1, -0.05) is 19.9 Å². The van der Waals surface area contributed by atoms with Crippen molar-refractivity contribution in [2.75, 3.05) is 32.7 Å². The molecule has 2 N–H and O–H groups in total. The first-order valence-electron chi connectivity index (χ1n) is 6.60. The van der Waals surface area contributed by atoms with Gasteiger partial charge in [-0.2, -0.15) is 0 Å². The van der Waals surface area contributed by atoms with Gasteiger partial charge < -0.3 is 20.1 Å². The zero-order valence-corrected chi connectivity index (χ0v) is 12.3. The van der Waals surface area contributed by atoms with E-state index in [1.165, 1.54) is 0 Å². The van der Waals surface area contributed by atoms with Crippen LogP contribution in [-0.4, -0.2) is 44.5 Å². The topological polar surface area (TPSA) is 55.4 Å². The third-order valence-electron chi connectivity index (χ3n) is 2.78. The molecule has 1 aromatic heterocycles. The Morgan fingerprint density at radius 1 is 1.32 bits per heavy atom. The van der Waals surface area contributed by atoms with E-state index in [0.29, 0.717) is 19.2 Å². The van der Waals surface area contributed by atoms with Gasteiger partial charge in [0.15, 0.2) is 0 Å². The molecule has 1 unspecified atom stereocenters. The van der Waals surface area contributed by atoms with Crippen molar-refractivity contribution in [2.24, 2.45) is 0 Å². The Morgan fingerprint density at radius 3 is 2.74 bits per heavy atom. The highest BCUT2D eigenvalue weighted by Crippen LogP contribution is 2.11. The normalized spacial score (nSPS) is 12.7. The van der Waals surface area contributed by atoms with Gasteiger partial charge in [0, 0.05) is 45.1 Å². The van der Waals surface area contributed by atoms with Crippen LogP contribution in [0, 0.1) is 0 Å². The molecule has 1 heterocycles. The Bertz CT molecular complexity index is 358. The van der Waals surface area contributed by atoms with Crippen LogP contribution in [0.4, 0.5) is 5.82 Å². The van der Waals surface area contributed by atoms with Crippen LogP contribution in [0.25, 0.3) is 0 Å². The van der Waals surface area contributed by atoms with Crippen molar-refractivity contribution >= 4 is 5.82 Å². The number of hydrogen-bond acceptors (Lipinski definition) is 5. The van der Waals surface area contributed by atoms with Crippen molar-refractivity contribution in [2.45, 2.75) is 32.5 Å². The lowest BCUT2D eigenvalue weighted by atomic mass is 10.2. The van der Waals surface area contributed by atoms with Gasteiger partial charge in [-0.3, -0.25) is 0 Å².